The van der Waals surface area contributed by atoms with Crippen LogP contribution >= 0.6 is 0 Å². The number of nitrogen functional groups attached to an aromatic ring is 1. The molecule has 0 atom stereocenters. The Morgan fingerprint density at radius 2 is 1.90 bits per heavy atom. The molecular formula is C24H34N2O3. The minimum atomic E-state index is -0.210. The molecule has 0 radical (unpaired) electrons. The molecule has 2 rings (SSSR count). The van der Waals surface area contributed by atoms with Gasteiger partial charge in [-0.15, -0.1) is 0 Å². The van der Waals surface area contributed by atoms with E-state index in [0.29, 0.717) is 24.7 Å². The molecule has 1 aromatic heterocycles. The Morgan fingerprint density at radius 1 is 1.14 bits per heavy atom. The van der Waals surface area contributed by atoms with Crippen LogP contribution < -0.4 is 20.8 Å². The smallest absolute Gasteiger partial charge is 0.297 e. The van der Waals surface area contributed by atoms with Crippen molar-refractivity contribution in [2.75, 3.05) is 18.9 Å². The van der Waals surface area contributed by atoms with Crippen molar-refractivity contribution >= 4 is 16.6 Å². The predicted molar refractivity (Wildman–Crippen MR) is 122 cm³/mol. The summed E-state index contributed by atoms with van der Waals surface area (Å²) in [5.74, 6) is 0.765. The molecule has 0 aliphatic heterocycles. The van der Waals surface area contributed by atoms with E-state index in [4.69, 9.17) is 15.2 Å². The van der Waals surface area contributed by atoms with Crippen LogP contribution in [0.5, 0.6) is 11.5 Å². The van der Waals surface area contributed by atoms with Gasteiger partial charge in [-0.25, -0.2) is 0 Å². The minimum absolute atomic E-state index is 0.210. The Kier molecular flexibility index (Phi) is 8.37. The first-order valence-corrected chi connectivity index (χ1v) is 10.3. The molecule has 1 heterocycles. The average molecular weight is 399 g/mol. The number of fused-ring (bicyclic) bond motifs is 1. The van der Waals surface area contributed by atoms with Crippen molar-refractivity contribution in [2.45, 2.75) is 53.4 Å². The maximum atomic E-state index is 12.9. The van der Waals surface area contributed by atoms with E-state index in [-0.39, 0.29) is 11.3 Å². The fraction of sp³-hybridized carbons (Fsp3) is 0.458. The SMILES string of the molecule is CCCCOc1c(OCC=C(C)CCC=C(C)C)c2ccc(N)cc2n(C)c1=O. The lowest BCUT2D eigenvalue weighted by atomic mass is 10.1. The molecule has 0 aliphatic carbocycles. The number of ether oxygens (including phenoxy) is 2. The number of hydrogen-bond acceptors (Lipinski definition) is 4. The van der Waals surface area contributed by atoms with Crippen LogP contribution in [0.25, 0.3) is 10.9 Å². The maximum absolute atomic E-state index is 12.9. The lowest BCUT2D eigenvalue weighted by Crippen LogP contribution is -2.21. The standard InChI is InChI=1S/C24H34N2O3/c1-6-7-14-28-23-22(29-15-13-18(4)10-8-9-17(2)3)20-12-11-19(25)16-21(20)26(5)24(23)27/h9,11-13,16H,6-8,10,14-15,25H2,1-5H3. The fourth-order valence-corrected chi connectivity index (χ4v) is 3.05. The molecule has 0 saturated heterocycles. The lowest BCUT2D eigenvalue weighted by molar-refractivity contribution is 0.275. The van der Waals surface area contributed by atoms with Gasteiger partial charge in [0.2, 0.25) is 5.75 Å². The van der Waals surface area contributed by atoms with Gasteiger partial charge in [0.1, 0.15) is 6.61 Å². The quantitative estimate of drug-likeness (QED) is 0.332. The van der Waals surface area contributed by atoms with E-state index >= 15 is 0 Å². The van der Waals surface area contributed by atoms with Crippen LogP contribution in [0.1, 0.15) is 53.4 Å². The van der Waals surface area contributed by atoms with Gasteiger partial charge in [-0.2, -0.15) is 0 Å². The average Bonchev–Trinajstić information content (AvgIpc) is 2.67. The Morgan fingerprint density at radius 3 is 2.59 bits per heavy atom. The number of allylic oxidation sites excluding steroid dienone is 3. The molecule has 0 amide bonds. The number of unbranched alkanes of at least 4 members (excludes halogenated alkanes) is 1. The predicted octanol–water partition coefficient (Wildman–Crippen LogP) is 5.37. The molecule has 5 nitrogen and oxygen atoms in total. The van der Waals surface area contributed by atoms with Crippen molar-refractivity contribution in [3.63, 3.8) is 0 Å². The number of nitrogens with zero attached hydrogens (tertiary/aromatic N) is 1. The van der Waals surface area contributed by atoms with Gasteiger partial charge in [0.25, 0.3) is 5.56 Å². The molecule has 0 spiro atoms. The van der Waals surface area contributed by atoms with Gasteiger partial charge < -0.3 is 19.8 Å². The second-order valence-electron chi connectivity index (χ2n) is 7.68. The highest BCUT2D eigenvalue weighted by molar-refractivity contribution is 5.90. The first-order chi connectivity index (χ1) is 13.8. The van der Waals surface area contributed by atoms with E-state index in [1.807, 2.05) is 12.1 Å². The number of benzene rings is 1. The summed E-state index contributed by atoms with van der Waals surface area (Å²) in [5, 5.41) is 0.823. The van der Waals surface area contributed by atoms with Crippen LogP contribution in [0.15, 0.2) is 46.3 Å². The zero-order chi connectivity index (χ0) is 21.4. The Bertz CT molecular complexity index is 951. The lowest BCUT2D eigenvalue weighted by Gasteiger charge is -2.17. The highest BCUT2D eigenvalue weighted by atomic mass is 16.5. The molecule has 29 heavy (non-hydrogen) atoms. The highest BCUT2D eigenvalue weighted by Crippen LogP contribution is 2.33. The van der Waals surface area contributed by atoms with Crippen molar-refractivity contribution in [1.29, 1.82) is 0 Å². The molecule has 2 aromatic rings. The van der Waals surface area contributed by atoms with Crippen LogP contribution in [-0.2, 0) is 7.05 Å². The van der Waals surface area contributed by atoms with Crippen LogP contribution in [0.3, 0.4) is 0 Å². The van der Waals surface area contributed by atoms with Gasteiger partial charge in [0.15, 0.2) is 5.75 Å². The van der Waals surface area contributed by atoms with Crippen LogP contribution in [-0.4, -0.2) is 17.8 Å². The number of hydrogen-bond donors (Lipinski definition) is 1. The van der Waals surface area contributed by atoms with Crippen molar-refractivity contribution in [3.8, 4) is 11.5 Å². The molecule has 0 unspecified atom stereocenters. The van der Waals surface area contributed by atoms with Gasteiger partial charge in [-0.05, 0) is 64.3 Å². The van der Waals surface area contributed by atoms with Crippen molar-refractivity contribution in [1.82, 2.24) is 4.57 Å². The number of rotatable bonds is 10. The van der Waals surface area contributed by atoms with E-state index in [0.717, 1.165) is 36.6 Å². The highest BCUT2D eigenvalue weighted by Gasteiger charge is 2.18. The summed E-state index contributed by atoms with van der Waals surface area (Å²) in [6.45, 7) is 9.28. The van der Waals surface area contributed by atoms with E-state index in [1.165, 1.54) is 11.1 Å². The third kappa shape index (κ3) is 6.14. The Hall–Kier alpha value is -2.69. The van der Waals surface area contributed by atoms with E-state index in [9.17, 15) is 4.79 Å². The fourth-order valence-electron chi connectivity index (χ4n) is 3.05. The van der Waals surface area contributed by atoms with Gasteiger partial charge >= 0.3 is 0 Å². The number of nitrogens with two attached hydrogens (primary N) is 1. The zero-order valence-electron chi connectivity index (χ0n) is 18.4. The summed E-state index contributed by atoms with van der Waals surface area (Å²) in [4.78, 5) is 12.9. The van der Waals surface area contributed by atoms with Gasteiger partial charge in [0, 0.05) is 18.1 Å². The third-order valence-corrected chi connectivity index (χ3v) is 4.83. The first-order valence-electron chi connectivity index (χ1n) is 10.3. The molecule has 0 saturated carbocycles. The summed E-state index contributed by atoms with van der Waals surface area (Å²) in [7, 11) is 1.73. The molecule has 158 valence electrons. The minimum Gasteiger partial charge on any atom is -0.485 e. The normalized spacial score (nSPS) is 11.6. The second kappa shape index (κ2) is 10.7. The van der Waals surface area contributed by atoms with Crippen LogP contribution in [0.2, 0.25) is 0 Å². The largest absolute Gasteiger partial charge is 0.485 e. The summed E-state index contributed by atoms with van der Waals surface area (Å²) in [5.41, 5.74) is 9.65. The maximum Gasteiger partial charge on any atom is 0.297 e. The Labute approximate surface area is 173 Å². The van der Waals surface area contributed by atoms with Gasteiger partial charge in [-0.3, -0.25) is 4.79 Å². The summed E-state index contributed by atoms with van der Waals surface area (Å²) in [6.07, 6.45) is 8.18. The van der Waals surface area contributed by atoms with Gasteiger partial charge in [-0.1, -0.05) is 30.6 Å². The van der Waals surface area contributed by atoms with Crippen LogP contribution in [0, 0.1) is 0 Å². The number of pyridine rings is 1. The molecule has 0 aliphatic rings. The molecule has 0 bridgehead atoms. The molecular weight excluding hydrogens is 364 g/mol. The Balaban J connectivity index is 2.33. The summed E-state index contributed by atoms with van der Waals surface area (Å²) in [6, 6.07) is 5.49. The van der Waals surface area contributed by atoms with E-state index < -0.39 is 0 Å². The number of aryl methyl sites for hydroxylation is 1. The topological polar surface area (TPSA) is 66.5 Å². The van der Waals surface area contributed by atoms with E-state index in [2.05, 4.69) is 39.8 Å². The summed E-state index contributed by atoms with van der Waals surface area (Å²) < 4.78 is 13.5. The third-order valence-electron chi connectivity index (χ3n) is 4.83. The number of anilines is 1. The van der Waals surface area contributed by atoms with Crippen molar-refractivity contribution < 1.29 is 9.47 Å². The second-order valence-corrected chi connectivity index (χ2v) is 7.68. The van der Waals surface area contributed by atoms with Crippen LogP contribution in [0.4, 0.5) is 5.69 Å². The van der Waals surface area contributed by atoms with Crippen molar-refractivity contribution in [3.05, 3.63) is 51.9 Å². The molecule has 5 heteroatoms. The zero-order valence-corrected chi connectivity index (χ0v) is 18.4. The van der Waals surface area contributed by atoms with E-state index in [1.54, 1.807) is 17.7 Å². The number of aromatic nitrogens is 1. The van der Waals surface area contributed by atoms with Gasteiger partial charge in [0.05, 0.1) is 12.1 Å². The molecule has 2 N–H and O–H groups in total. The summed E-state index contributed by atoms with van der Waals surface area (Å²) >= 11 is 0. The molecule has 1 aromatic carbocycles. The molecule has 0 fully saturated rings. The first kappa shape index (κ1) is 22.6. The van der Waals surface area contributed by atoms with Crippen molar-refractivity contribution in [2.24, 2.45) is 7.05 Å². The monoisotopic (exact) mass is 398 g/mol.